The van der Waals surface area contributed by atoms with Gasteiger partial charge in [-0.05, 0) is 26.0 Å². The molecule has 6 heteroatoms. The Kier molecular flexibility index (Phi) is 3.75. The first-order valence-corrected chi connectivity index (χ1v) is 4.78. The monoisotopic (exact) mass is 250 g/mol. The van der Waals surface area contributed by atoms with Crippen molar-refractivity contribution in [2.75, 3.05) is 0 Å². The van der Waals surface area contributed by atoms with Crippen LogP contribution in [-0.2, 0) is 6.18 Å². The van der Waals surface area contributed by atoms with Gasteiger partial charge in [0.05, 0.1) is 11.7 Å². The van der Waals surface area contributed by atoms with E-state index < -0.39 is 35.0 Å². The highest BCUT2D eigenvalue weighted by molar-refractivity contribution is 5.80. The summed E-state index contributed by atoms with van der Waals surface area (Å²) in [6.45, 7) is 3.02. The minimum Gasteiger partial charge on any atom is -0.490 e. The summed E-state index contributed by atoms with van der Waals surface area (Å²) in [4.78, 5) is 10.6. The SMILES string of the molecule is CC(C)Oc1c(C=O)cc(F)cc1C(F)(F)F. The maximum absolute atomic E-state index is 12.9. The van der Waals surface area contributed by atoms with Crippen LogP contribution < -0.4 is 4.74 Å². The number of alkyl halides is 3. The summed E-state index contributed by atoms with van der Waals surface area (Å²) in [6, 6.07) is 1.02. The van der Waals surface area contributed by atoms with Crippen LogP contribution in [0.4, 0.5) is 17.6 Å². The van der Waals surface area contributed by atoms with Crippen LogP contribution in [0.2, 0.25) is 0 Å². The molecule has 0 aliphatic rings. The highest BCUT2D eigenvalue weighted by Crippen LogP contribution is 2.38. The molecule has 0 fully saturated rings. The van der Waals surface area contributed by atoms with Crippen LogP contribution in [0.3, 0.4) is 0 Å². The molecule has 0 aliphatic heterocycles. The third kappa shape index (κ3) is 3.18. The first-order chi connectivity index (χ1) is 7.75. The van der Waals surface area contributed by atoms with E-state index in [9.17, 15) is 22.4 Å². The van der Waals surface area contributed by atoms with Gasteiger partial charge in [0.1, 0.15) is 17.1 Å². The van der Waals surface area contributed by atoms with Gasteiger partial charge in [-0.1, -0.05) is 0 Å². The van der Waals surface area contributed by atoms with Crippen molar-refractivity contribution in [3.05, 3.63) is 29.1 Å². The van der Waals surface area contributed by atoms with E-state index >= 15 is 0 Å². The van der Waals surface area contributed by atoms with Gasteiger partial charge < -0.3 is 4.74 Å². The molecule has 0 atom stereocenters. The smallest absolute Gasteiger partial charge is 0.420 e. The predicted molar refractivity (Wildman–Crippen MR) is 52.6 cm³/mol. The number of carbonyl (C=O) groups excluding carboxylic acids is 1. The number of hydrogen-bond donors (Lipinski definition) is 0. The molecular formula is C11H10F4O2. The van der Waals surface area contributed by atoms with Crippen molar-refractivity contribution in [2.24, 2.45) is 0 Å². The molecule has 1 aromatic rings. The van der Waals surface area contributed by atoms with Crippen LogP contribution in [-0.4, -0.2) is 12.4 Å². The fourth-order valence-electron chi connectivity index (χ4n) is 1.28. The number of benzene rings is 1. The lowest BCUT2D eigenvalue weighted by Crippen LogP contribution is -2.15. The standard InChI is InChI=1S/C11H10F4O2/c1-6(2)17-10-7(5-16)3-8(12)4-9(10)11(13,14)15/h3-6H,1-2H3. The lowest BCUT2D eigenvalue weighted by Gasteiger charge is -2.17. The first-order valence-electron chi connectivity index (χ1n) is 4.78. The average Bonchev–Trinajstić information content (AvgIpc) is 2.17. The Morgan fingerprint density at radius 1 is 1.29 bits per heavy atom. The zero-order chi connectivity index (χ0) is 13.2. The fraction of sp³-hybridized carbons (Fsp3) is 0.364. The van der Waals surface area contributed by atoms with Gasteiger partial charge >= 0.3 is 6.18 Å². The second-order valence-electron chi connectivity index (χ2n) is 3.65. The minimum absolute atomic E-state index is 0.135. The van der Waals surface area contributed by atoms with Crippen molar-refractivity contribution < 1.29 is 27.1 Å². The van der Waals surface area contributed by atoms with Crippen LogP contribution in [0.5, 0.6) is 5.75 Å². The summed E-state index contributed by atoms with van der Waals surface area (Å²) in [5.74, 6) is -1.76. The molecule has 1 aromatic carbocycles. The second kappa shape index (κ2) is 4.73. The van der Waals surface area contributed by atoms with Gasteiger partial charge in [-0.15, -0.1) is 0 Å². The number of carbonyl (C=O) groups is 1. The molecule has 94 valence electrons. The van der Waals surface area contributed by atoms with E-state index in [-0.39, 0.29) is 6.29 Å². The van der Waals surface area contributed by atoms with E-state index in [1.807, 2.05) is 0 Å². The second-order valence-corrected chi connectivity index (χ2v) is 3.65. The third-order valence-electron chi connectivity index (χ3n) is 1.87. The largest absolute Gasteiger partial charge is 0.490 e. The van der Waals surface area contributed by atoms with E-state index in [2.05, 4.69) is 0 Å². The highest BCUT2D eigenvalue weighted by Gasteiger charge is 2.36. The highest BCUT2D eigenvalue weighted by atomic mass is 19.4. The van der Waals surface area contributed by atoms with Gasteiger partial charge in [0.2, 0.25) is 0 Å². The molecule has 0 radical (unpaired) electrons. The molecule has 0 bridgehead atoms. The third-order valence-corrected chi connectivity index (χ3v) is 1.87. The maximum Gasteiger partial charge on any atom is 0.420 e. The average molecular weight is 250 g/mol. The first kappa shape index (κ1) is 13.5. The van der Waals surface area contributed by atoms with Crippen molar-refractivity contribution in [1.29, 1.82) is 0 Å². The molecule has 0 aliphatic carbocycles. The van der Waals surface area contributed by atoms with Gasteiger partial charge in [-0.2, -0.15) is 13.2 Å². The van der Waals surface area contributed by atoms with Crippen molar-refractivity contribution in [3.8, 4) is 5.75 Å². The Hall–Kier alpha value is -1.59. The molecule has 0 aromatic heterocycles. The van der Waals surface area contributed by atoms with E-state index in [1.165, 1.54) is 13.8 Å². The number of hydrogen-bond acceptors (Lipinski definition) is 2. The molecule has 0 saturated heterocycles. The van der Waals surface area contributed by atoms with Crippen molar-refractivity contribution in [3.63, 3.8) is 0 Å². The molecule has 0 amide bonds. The lowest BCUT2D eigenvalue weighted by molar-refractivity contribution is -0.139. The van der Waals surface area contributed by atoms with Crippen molar-refractivity contribution in [2.45, 2.75) is 26.1 Å². The van der Waals surface area contributed by atoms with Gasteiger partial charge in [-0.25, -0.2) is 4.39 Å². The normalized spacial score (nSPS) is 11.7. The van der Waals surface area contributed by atoms with Gasteiger partial charge in [0.15, 0.2) is 6.29 Å². The Bertz CT molecular complexity index is 424. The topological polar surface area (TPSA) is 26.3 Å². The Morgan fingerprint density at radius 2 is 1.88 bits per heavy atom. The van der Waals surface area contributed by atoms with Crippen molar-refractivity contribution in [1.82, 2.24) is 0 Å². The van der Waals surface area contributed by atoms with Crippen molar-refractivity contribution >= 4 is 6.29 Å². The molecule has 0 unspecified atom stereocenters. The molecule has 2 nitrogen and oxygen atoms in total. The van der Waals surface area contributed by atoms with E-state index in [0.29, 0.717) is 12.1 Å². The van der Waals surface area contributed by atoms with Crippen LogP contribution in [0.15, 0.2) is 12.1 Å². The molecule has 0 heterocycles. The number of rotatable bonds is 3. The van der Waals surface area contributed by atoms with E-state index in [4.69, 9.17) is 4.74 Å². The Balaban J connectivity index is 3.44. The Morgan fingerprint density at radius 3 is 2.29 bits per heavy atom. The Labute approximate surface area is 95.2 Å². The fourth-order valence-corrected chi connectivity index (χ4v) is 1.28. The zero-order valence-electron chi connectivity index (χ0n) is 9.14. The number of aldehydes is 1. The summed E-state index contributed by atoms with van der Waals surface area (Å²) in [5.41, 5.74) is -1.74. The van der Waals surface area contributed by atoms with Gasteiger partial charge in [-0.3, -0.25) is 4.79 Å². The summed E-state index contributed by atoms with van der Waals surface area (Å²) in [5, 5.41) is 0. The minimum atomic E-state index is -4.77. The van der Waals surface area contributed by atoms with Crippen LogP contribution in [0.25, 0.3) is 0 Å². The molecule has 0 saturated carbocycles. The summed E-state index contributed by atoms with van der Waals surface area (Å²) >= 11 is 0. The molecular weight excluding hydrogens is 240 g/mol. The molecule has 0 N–H and O–H groups in total. The maximum atomic E-state index is 12.9. The molecule has 17 heavy (non-hydrogen) atoms. The summed E-state index contributed by atoms with van der Waals surface area (Å²) in [6.07, 6.45) is -5.19. The predicted octanol–water partition coefficient (Wildman–Crippen LogP) is 3.44. The zero-order valence-corrected chi connectivity index (χ0v) is 9.14. The number of ether oxygens (including phenoxy) is 1. The quantitative estimate of drug-likeness (QED) is 0.606. The van der Waals surface area contributed by atoms with E-state index in [1.54, 1.807) is 0 Å². The summed E-state index contributed by atoms with van der Waals surface area (Å²) in [7, 11) is 0. The van der Waals surface area contributed by atoms with Crippen LogP contribution in [0.1, 0.15) is 29.8 Å². The molecule has 1 rings (SSSR count). The van der Waals surface area contributed by atoms with E-state index in [0.717, 1.165) is 0 Å². The van der Waals surface area contributed by atoms with Crippen LogP contribution in [0, 0.1) is 5.82 Å². The van der Waals surface area contributed by atoms with Gasteiger partial charge in [0.25, 0.3) is 0 Å². The van der Waals surface area contributed by atoms with Crippen LogP contribution >= 0.6 is 0 Å². The van der Waals surface area contributed by atoms with Gasteiger partial charge in [0, 0.05) is 0 Å². The summed E-state index contributed by atoms with van der Waals surface area (Å²) < 4.78 is 55.8. The lowest BCUT2D eigenvalue weighted by atomic mass is 10.1. The molecule has 0 spiro atoms. The number of halogens is 4.